The van der Waals surface area contributed by atoms with Crippen molar-refractivity contribution in [1.82, 2.24) is 19.4 Å². The van der Waals surface area contributed by atoms with E-state index in [0.29, 0.717) is 49.7 Å². The second-order valence-electron chi connectivity index (χ2n) is 9.04. The van der Waals surface area contributed by atoms with Gasteiger partial charge in [0, 0.05) is 56.5 Å². The smallest absolute Gasteiger partial charge is 0.409 e. The lowest BCUT2D eigenvalue weighted by atomic mass is 9.98. The number of carbonyl (C=O) groups excluding carboxylic acids is 1. The van der Waals surface area contributed by atoms with Gasteiger partial charge in [-0.1, -0.05) is 13.0 Å². The van der Waals surface area contributed by atoms with Gasteiger partial charge in [0.2, 0.25) is 5.88 Å². The maximum atomic E-state index is 15.2. The second-order valence-corrected chi connectivity index (χ2v) is 9.04. The van der Waals surface area contributed by atoms with Gasteiger partial charge in [-0.25, -0.2) is 19.2 Å². The molecule has 1 saturated heterocycles. The molecule has 3 aromatic rings. The lowest BCUT2D eigenvalue weighted by molar-refractivity contribution is 0.0431. The Bertz CT molecular complexity index is 1230. The molecule has 0 saturated carbocycles. The maximum Gasteiger partial charge on any atom is 0.409 e. The van der Waals surface area contributed by atoms with Crippen molar-refractivity contribution in [2.45, 2.75) is 44.8 Å². The summed E-state index contributed by atoms with van der Waals surface area (Å²) in [4.78, 5) is 24.6. The number of ether oxygens (including phenoxy) is 2. The lowest BCUT2D eigenvalue weighted by Gasteiger charge is -2.38. The number of halogens is 1. The first-order chi connectivity index (χ1) is 17.0. The number of piperidine rings is 1. The predicted octanol–water partition coefficient (Wildman–Crippen LogP) is 4.70. The number of rotatable bonds is 5. The molecule has 35 heavy (non-hydrogen) atoms. The lowest BCUT2D eigenvalue weighted by Crippen LogP contribution is -2.48. The zero-order valence-electron chi connectivity index (χ0n) is 20.3. The van der Waals surface area contributed by atoms with Gasteiger partial charge in [-0.2, -0.15) is 0 Å². The van der Waals surface area contributed by atoms with Crippen LogP contribution in [0, 0.1) is 5.82 Å². The van der Waals surface area contributed by atoms with Gasteiger partial charge in [-0.05, 0) is 37.1 Å². The molecule has 1 amide bonds. The van der Waals surface area contributed by atoms with Crippen LogP contribution in [0.1, 0.15) is 31.7 Å². The summed E-state index contributed by atoms with van der Waals surface area (Å²) in [6, 6.07) is 9.28. The molecule has 2 aliphatic heterocycles. The first-order valence-corrected chi connectivity index (χ1v) is 12.0. The molecule has 0 spiro atoms. The fraction of sp³-hybridized carbons (Fsp3) is 0.423. The molecule has 2 aromatic heterocycles. The normalized spacial score (nSPS) is 19.5. The number of carbonyl (C=O) groups is 1. The highest BCUT2D eigenvalue weighted by Gasteiger charge is 2.34. The Kier molecular flexibility index (Phi) is 6.32. The van der Waals surface area contributed by atoms with Crippen LogP contribution in [-0.2, 0) is 18.2 Å². The third-order valence-electron chi connectivity index (χ3n) is 7.03. The monoisotopic (exact) mass is 479 g/mol. The van der Waals surface area contributed by atoms with E-state index in [1.807, 2.05) is 47.0 Å². The molecular weight excluding hydrogens is 449 g/mol. The van der Waals surface area contributed by atoms with E-state index in [1.165, 1.54) is 13.4 Å². The van der Waals surface area contributed by atoms with Gasteiger partial charge in [-0.15, -0.1) is 0 Å². The Morgan fingerprint density at radius 2 is 2.09 bits per heavy atom. The summed E-state index contributed by atoms with van der Waals surface area (Å²) in [6.07, 6.45) is 5.96. The van der Waals surface area contributed by atoms with Crippen LogP contribution in [0.15, 0.2) is 42.9 Å². The van der Waals surface area contributed by atoms with Crippen LogP contribution < -0.4 is 9.64 Å². The molecule has 4 heterocycles. The Morgan fingerprint density at radius 3 is 2.80 bits per heavy atom. The summed E-state index contributed by atoms with van der Waals surface area (Å²) in [5.74, 6) is 0.933. The fourth-order valence-electron chi connectivity index (χ4n) is 5.17. The van der Waals surface area contributed by atoms with Gasteiger partial charge in [0.25, 0.3) is 0 Å². The summed E-state index contributed by atoms with van der Waals surface area (Å²) in [5, 5.41) is 0. The quantitative estimate of drug-likeness (QED) is 0.528. The highest BCUT2D eigenvalue weighted by Crippen LogP contribution is 2.39. The van der Waals surface area contributed by atoms with Crippen LogP contribution >= 0.6 is 0 Å². The Labute approximate surface area is 204 Å². The third-order valence-corrected chi connectivity index (χ3v) is 7.03. The van der Waals surface area contributed by atoms with Crippen molar-refractivity contribution in [3.8, 4) is 17.1 Å². The first-order valence-electron chi connectivity index (χ1n) is 12.0. The Hall–Kier alpha value is -3.62. The van der Waals surface area contributed by atoms with E-state index >= 15 is 4.39 Å². The number of nitrogens with zero attached hydrogens (tertiary/aromatic N) is 5. The van der Waals surface area contributed by atoms with E-state index in [0.717, 1.165) is 23.2 Å². The van der Waals surface area contributed by atoms with Crippen LogP contribution in [0.5, 0.6) is 5.88 Å². The van der Waals surface area contributed by atoms with Gasteiger partial charge in [0.05, 0.1) is 18.4 Å². The number of amides is 1. The van der Waals surface area contributed by atoms with Gasteiger partial charge in [0.15, 0.2) is 0 Å². The average Bonchev–Trinajstić information content (AvgIpc) is 3.50. The molecule has 5 rings (SSSR count). The summed E-state index contributed by atoms with van der Waals surface area (Å²) in [6.45, 7) is 3.23. The molecule has 184 valence electrons. The molecule has 0 aliphatic carbocycles. The van der Waals surface area contributed by atoms with Crippen molar-refractivity contribution in [3.63, 3.8) is 0 Å². The summed E-state index contributed by atoms with van der Waals surface area (Å²) < 4.78 is 28.5. The number of fused-ring (bicyclic) bond motifs is 1. The highest BCUT2D eigenvalue weighted by atomic mass is 19.1. The van der Waals surface area contributed by atoms with E-state index in [2.05, 4.69) is 16.9 Å². The van der Waals surface area contributed by atoms with E-state index in [9.17, 15) is 4.79 Å². The highest BCUT2D eigenvalue weighted by molar-refractivity contribution is 5.72. The second kappa shape index (κ2) is 9.56. The molecule has 0 radical (unpaired) electrons. The van der Waals surface area contributed by atoms with E-state index in [4.69, 9.17) is 9.47 Å². The van der Waals surface area contributed by atoms with Gasteiger partial charge < -0.3 is 23.8 Å². The zero-order valence-corrected chi connectivity index (χ0v) is 20.3. The number of hydrogen-bond acceptors (Lipinski definition) is 6. The van der Waals surface area contributed by atoms with Crippen LogP contribution in [-0.4, -0.2) is 57.9 Å². The van der Waals surface area contributed by atoms with Crippen molar-refractivity contribution in [2.24, 2.45) is 7.05 Å². The van der Waals surface area contributed by atoms with Gasteiger partial charge >= 0.3 is 6.09 Å². The summed E-state index contributed by atoms with van der Waals surface area (Å²) in [5.41, 5.74) is 3.17. The molecule has 9 heteroatoms. The summed E-state index contributed by atoms with van der Waals surface area (Å²) >= 11 is 0. The molecule has 8 nitrogen and oxygen atoms in total. The number of aryl methyl sites for hydroxylation is 1. The molecule has 2 unspecified atom stereocenters. The molecule has 1 aromatic carbocycles. The van der Waals surface area contributed by atoms with Crippen molar-refractivity contribution < 1.29 is 18.7 Å². The average molecular weight is 480 g/mol. The number of benzene rings is 1. The largest absolute Gasteiger partial charge is 0.474 e. The van der Waals surface area contributed by atoms with Crippen molar-refractivity contribution >= 4 is 17.6 Å². The number of methoxy groups -OCH3 is 1. The van der Waals surface area contributed by atoms with Gasteiger partial charge in [-0.3, -0.25) is 0 Å². The number of anilines is 2. The van der Waals surface area contributed by atoms with E-state index < -0.39 is 0 Å². The SMILES string of the molecule is CCC1CC(Oc2ncnc3c2CCN3c2ccc(-c3cccn3C)cc2F)CCN1C(=O)OC. The Morgan fingerprint density at radius 1 is 1.23 bits per heavy atom. The molecule has 2 aliphatic rings. The number of aromatic nitrogens is 3. The first kappa shape index (κ1) is 23.1. The number of likely N-dealkylation sites (tertiary alicyclic amines) is 1. The van der Waals surface area contributed by atoms with Crippen molar-refractivity contribution in [3.05, 3.63) is 54.2 Å². The molecule has 2 atom stereocenters. The van der Waals surface area contributed by atoms with Crippen molar-refractivity contribution in [1.29, 1.82) is 0 Å². The number of hydrogen-bond donors (Lipinski definition) is 0. The molecule has 0 bridgehead atoms. The minimum atomic E-state index is -0.297. The van der Waals surface area contributed by atoms with Crippen molar-refractivity contribution in [2.75, 3.05) is 25.1 Å². The molecule has 0 N–H and O–H groups in total. The molecular formula is C26H30FN5O3. The summed E-state index contributed by atoms with van der Waals surface area (Å²) in [7, 11) is 3.35. The predicted molar refractivity (Wildman–Crippen MR) is 130 cm³/mol. The van der Waals surface area contributed by atoms with E-state index in [-0.39, 0.29) is 24.1 Å². The minimum Gasteiger partial charge on any atom is -0.474 e. The van der Waals surface area contributed by atoms with Crippen LogP contribution in [0.25, 0.3) is 11.3 Å². The minimum absolute atomic E-state index is 0.0596. The maximum absolute atomic E-state index is 15.2. The standard InChI is InChI=1S/C26H30FN5O3/c1-4-18-15-19(9-12-31(18)26(33)34-3)35-25-20-10-13-32(24(20)28-16-29-25)23-8-7-17(14-21(23)27)22-6-5-11-30(22)2/h5-8,11,14,16,18-19H,4,9-10,12-13,15H2,1-3H3. The molecule has 1 fully saturated rings. The Balaban J connectivity index is 1.35. The van der Waals surface area contributed by atoms with Crippen LogP contribution in [0.2, 0.25) is 0 Å². The van der Waals surface area contributed by atoms with Crippen LogP contribution in [0.3, 0.4) is 0 Å². The van der Waals surface area contributed by atoms with Gasteiger partial charge in [0.1, 0.15) is 24.1 Å². The zero-order chi connectivity index (χ0) is 24.5. The fourth-order valence-corrected chi connectivity index (χ4v) is 5.17. The topological polar surface area (TPSA) is 72.7 Å². The van der Waals surface area contributed by atoms with Crippen LogP contribution in [0.4, 0.5) is 20.7 Å². The van der Waals surface area contributed by atoms with E-state index in [1.54, 1.807) is 11.0 Å². The third kappa shape index (κ3) is 4.31.